The monoisotopic (exact) mass is 523 g/mol. The molecule has 200 valence electrons. The number of rotatable bonds is 10. The van der Waals surface area contributed by atoms with Crippen LogP contribution in [0.4, 0.5) is 10.5 Å². The molecule has 11 heteroatoms. The summed E-state index contributed by atoms with van der Waals surface area (Å²) < 4.78 is 16.3. The van der Waals surface area contributed by atoms with Gasteiger partial charge in [-0.2, -0.15) is 0 Å². The summed E-state index contributed by atoms with van der Waals surface area (Å²) in [5, 5.41) is 17.0. The molecule has 0 aromatic heterocycles. The first-order chi connectivity index (χ1) is 18.0. The van der Waals surface area contributed by atoms with Crippen molar-refractivity contribution in [2.45, 2.75) is 50.8 Å². The first-order valence-electron chi connectivity index (χ1n) is 12.2. The van der Waals surface area contributed by atoms with E-state index in [9.17, 15) is 24.5 Å². The number of nitrogens with one attached hydrogen (secondary N) is 2. The lowest BCUT2D eigenvalue weighted by atomic mass is 9.72. The van der Waals surface area contributed by atoms with Gasteiger partial charge in [0.05, 0.1) is 4.92 Å². The number of carbonyl (C=O) groups excluding carboxylic acids is 3. The number of non-ortho nitro benzene ring substituents is 1. The van der Waals surface area contributed by atoms with Gasteiger partial charge in [-0.15, -0.1) is 0 Å². The molecule has 1 amide bonds. The summed E-state index contributed by atoms with van der Waals surface area (Å²) in [5.41, 5.74) is 0.944. The molecule has 2 heterocycles. The van der Waals surface area contributed by atoms with Crippen molar-refractivity contribution in [3.05, 3.63) is 75.3 Å². The van der Waals surface area contributed by atoms with E-state index < -0.39 is 40.1 Å². The smallest absolute Gasteiger partial charge is 0.415 e. The molecule has 2 aliphatic rings. The number of fused-ring (bicyclic) bond motifs is 1. The van der Waals surface area contributed by atoms with Crippen molar-refractivity contribution in [2.24, 2.45) is 0 Å². The van der Waals surface area contributed by atoms with E-state index in [1.165, 1.54) is 12.1 Å². The standard InChI is InChI=1S/C27H29N3O8/c1-17-6-4-5-7-20(17)26(2,3)27(13-12-18-16-19(30(34)35)8-10-22(18)38-27)28-14-15-36-23(31)11-9-21-24(32)37-25(33)29-21/h4-8,10,12-13,16,21,28H,9,11,14-15H2,1-3H3,(H,29,33)/t21-,27?/m0/s1. The fourth-order valence-corrected chi connectivity index (χ4v) is 4.73. The second-order valence-electron chi connectivity index (χ2n) is 9.68. The number of amides is 1. The lowest BCUT2D eigenvalue weighted by Gasteiger charge is -2.47. The Bertz CT molecular complexity index is 1300. The number of hydrogen-bond donors (Lipinski definition) is 2. The minimum Gasteiger partial charge on any atom is -0.468 e. The molecule has 2 atom stereocenters. The van der Waals surface area contributed by atoms with E-state index in [2.05, 4.69) is 15.4 Å². The molecular weight excluding hydrogens is 494 g/mol. The van der Waals surface area contributed by atoms with Crippen LogP contribution in [0, 0.1) is 17.0 Å². The number of ether oxygens (including phenoxy) is 3. The summed E-state index contributed by atoms with van der Waals surface area (Å²) in [5.74, 6) is -0.753. The zero-order valence-corrected chi connectivity index (χ0v) is 21.3. The number of hydrogen-bond acceptors (Lipinski definition) is 9. The quantitative estimate of drug-likeness (QED) is 0.157. The van der Waals surface area contributed by atoms with Crippen LogP contribution in [0.2, 0.25) is 0 Å². The average Bonchev–Trinajstić information content (AvgIpc) is 3.21. The fraction of sp³-hybridized carbons (Fsp3) is 0.370. The zero-order valence-electron chi connectivity index (χ0n) is 21.3. The number of cyclic esters (lactones) is 2. The highest BCUT2D eigenvalue weighted by molar-refractivity contribution is 5.95. The van der Waals surface area contributed by atoms with Gasteiger partial charge in [-0.05, 0) is 42.7 Å². The van der Waals surface area contributed by atoms with Gasteiger partial charge in [-0.25, -0.2) is 9.59 Å². The highest BCUT2D eigenvalue weighted by Crippen LogP contribution is 2.43. The number of alkyl carbamates (subject to hydrolysis) is 1. The molecule has 0 spiro atoms. The third kappa shape index (κ3) is 5.37. The Morgan fingerprint density at radius 1 is 1.24 bits per heavy atom. The van der Waals surface area contributed by atoms with Crippen molar-refractivity contribution < 1.29 is 33.5 Å². The lowest BCUT2D eigenvalue weighted by molar-refractivity contribution is -0.384. The van der Waals surface area contributed by atoms with Gasteiger partial charge in [0.25, 0.3) is 5.69 Å². The SMILES string of the molecule is Cc1ccccc1C(C)(C)C1(NCCOC(=O)CC[C@@H]2NC(=O)OC2=O)C=Cc2cc([N+](=O)[O-])ccc2O1. The molecule has 11 nitrogen and oxygen atoms in total. The molecule has 4 rings (SSSR count). The molecule has 1 fully saturated rings. The van der Waals surface area contributed by atoms with Gasteiger partial charge in [0.1, 0.15) is 18.4 Å². The minimum atomic E-state index is -1.08. The highest BCUT2D eigenvalue weighted by Gasteiger charge is 2.48. The molecule has 1 unspecified atom stereocenters. The number of esters is 2. The Labute approximate surface area is 219 Å². The Hall–Kier alpha value is -4.25. The second-order valence-corrected chi connectivity index (χ2v) is 9.68. The molecule has 2 aromatic rings. The maximum atomic E-state index is 12.2. The topological polar surface area (TPSA) is 146 Å². The predicted molar refractivity (Wildman–Crippen MR) is 136 cm³/mol. The van der Waals surface area contributed by atoms with Gasteiger partial charge in [0, 0.05) is 36.1 Å². The van der Waals surface area contributed by atoms with Crippen molar-refractivity contribution in [3.63, 3.8) is 0 Å². The molecule has 0 bridgehead atoms. The number of nitro groups is 1. The predicted octanol–water partition coefficient (Wildman–Crippen LogP) is 3.53. The maximum Gasteiger partial charge on any atom is 0.415 e. The molecule has 0 radical (unpaired) electrons. The van der Waals surface area contributed by atoms with Crippen LogP contribution in [0.3, 0.4) is 0 Å². The first-order valence-corrected chi connectivity index (χ1v) is 12.2. The van der Waals surface area contributed by atoms with Gasteiger partial charge in [-0.3, -0.25) is 20.2 Å². The zero-order chi connectivity index (χ0) is 27.5. The summed E-state index contributed by atoms with van der Waals surface area (Å²) in [6.45, 7) is 6.33. The lowest BCUT2D eigenvalue weighted by Crippen LogP contribution is -2.62. The van der Waals surface area contributed by atoms with Gasteiger partial charge in [-0.1, -0.05) is 38.1 Å². The van der Waals surface area contributed by atoms with E-state index >= 15 is 0 Å². The Balaban J connectivity index is 1.47. The summed E-state index contributed by atoms with van der Waals surface area (Å²) in [7, 11) is 0. The number of carbonyl (C=O) groups is 3. The summed E-state index contributed by atoms with van der Waals surface area (Å²) in [6.07, 6.45) is 2.82. The fourth-order valence-electron chi connectivity index (χ4n) is 4.73. The molecule has 2 aromatic carbocycles. The third-order valence-corrected chi connectivity index (χ3v) is 6.88. The van der Waals surface area contributed by atoms with E-state index in [-0.39, 0.29) is 31.7 Å². The van der Waals surface area contributed by atoms with E-state index in [1.807, 2.05) is 51.1 Å². The number of benzene rings is 2. The van der Waals surface area contributed by atoms with E-state index in [0.29, 0.717) is 11.3 Å². The van der Waals surface area contributed by atoms with Crippen LogP contribution in [0.15, 0.2) is 48.5 Å². The Morgan fingerprint density at radius 2 is 2.00 bits per heavy atom. The summed E-state index contributed by atoms with van der Waals surface area (Å²) >= 11 is 0. The normalized spacial score (nSPS) is 20.2. The average molecular weight is 524 g/mol. The van der Waals surface area contributed by atoms with Crippen molar-refractivity contribution in [3.8, 4) is 5.75 Å². The first kappa shape index (κ1) is 26.8. The van der Waals surface area contributed by atoms with E-state index in [1.54, 1.807) is 12.1 Å². The van der Waals surface area contributed by atoms with Crippen LogP contribution in [-0.4, -0.2) is 47.9 Å². The van der Waals surface area contributed by atoms with Crippen molar-refractivity contribution in [1.29, 1.82) is 0 Å². The van der Waals surface area contributed by atoms with Gasteiger partial charge < -0.3 is 19.5 Å². The van der Waals surface area contributed by atoms with Crippen molar-refractivity contribution in [1.82, 2.24) is 10.6 Å². The van der Waals surface area contributed by atoms with Crippen molar-refractivity contribution >= 4 is 29.8 Å². The van der Waals surface area contributed by atoms with Crippen LogP contribution >= 0.6 is 0 Å². The Kier molecular flexibility index (Phi) is 7.49. The molecular formula is C27H29N3O8. The Morgan fingerprint density at radius 3 is 2.68 bits per heavy atom. The van der Waals surface area contributed by atoms with Crippen LogP contribution < -0.4 is 15.4 Å². The highest BCUT2D eigenvalue weighted by atomic mass is 16.6. The minimum absolute atomic E-state index is 0.0240. The van der Waals surface area contributed by atoms with E-state index in [0.717, 1.165) is 11.1 Å². The summed E-state index contributed by atoms with van der Waals surface area (Å²) in [6, 6.07) is 11.5. The maximum absolute atomic E-state index is 12.2. The van der Waals surface area contributed by atoms with Crippen molar-refractivity contribution in [2.75, 3.05) is 13.2 Å². The van der Waals surface area contributed by atoms with Gasteiger partial charge in [0.2, 0.25) is 0 Å². The van der Waals surface area contributed by atoms with Crippen LogP contribution in [0.5, 0.6) is 5.75 Å². The van der Waals surface area contributed by atoms with Crippen LogP contribution in [0.1, 0.15) is 43.4 Å². The molecule has 0 saturated carbocycles. The second kappa shape index (κ2) is 10.6. The number of nitro benzene ring substituents is 1. The molecule has 2 aliphatic heterocycles. The molecule has 2 N–H and O–H groups in total. The van der Waals surface area contributed by atoms with Crippen LogP contribution in [0.25, 0.3) is 6.08 Å². The molecule has 38 heavy (non-hydrogen) atoms. The molecule has 0 aliphatic carbocycles. The third-order valence-electron chi connectivity index (χ3n) is 6.88. The van der Waals surface area contributed by atoms with Gasteiger partial charge >= 0.3 is 18.0 Å². The summed E-state index contributed by atoms with van der Waals surface area (Å²) in [4.78, 5) is 45.6. The number of nitrogens with zero attached hydrogens (tertiary/aromatic N) is 1. The van der Waals surface area contributed by atoms with E-state index in [4.69, 9.17) is 9.47 Å². The largest absolute Gasteiger partial charge is 0.468 e. The molecule has 1 saturated heterocycles. The number of aryl methyl sites for hydroxylation is 1. The van der Waals surface area contributed by atoms with Gasteiger partial charge in [0.15, 0.2) is 5.72 Å². The van der Waals surface area contributed by atoms with Crippen LogP contribution in [-0.2, 0) is 24.5 Å².